The summed E-state index contributed by atoms with van der Waals surface area (Å²) < 4.78 is 7.98. The highest BCUT2D eigenvalue weighted by Crippen LogP contribution is 2.31. The Morgan fingerprint density at radius 3 is 2.20 bits per heavy atom. The molecule has 0 N–H and O–H groups in total. The third-order valence-corrected chi connectivity index (χ3v) is 5.08. The molecule has 0 aliphatic rings. The van der Waals surface area contributed by atoms with Gasteiger partial charge >= 0.3 is 11.4 Å². The number of benzene rings is 2. The van der Waals surface area contributed by atoms with E-state index >= 15 is 0 Å². The minimum atomic E-state index is -0.506. The Kier molecular flexibility index (Phi) is 5.60. The number of methoxy groups -OCH3 is 1. The zero-order chi connectivity index (χ0) is 22.2. The van der Waals surface area contributed by atoms with Crippen molar-refractivity contribution in [3.8, 4) is 17.0 Å². The summed E-state index contributed by atoms with van der Waals surface area (Å²) in [6.45, 7) is 5.98. The van der Waals surface area contributed by atoms with Crippen molar-refractivity contribution in [3.05, 3.63) is 79.2 Å². The lowest BCUT2D eigenvalue weighted by Crippen LogP contribution is -2.37. The van der Waals surface area contributed by atoms with Crippen LogP contribution in [0.2, 0.25) is 0 Å². The lowest BCUT2D eigenvalue weighted by Gasteiger charge is -2.13. The Hall–Kier alpha value is -3.68. The summed E-state index contributed by atoms with van der Waals surface area (Å²) in [5, 5.41) is 11.4. The van der Waals surface area contributed by atoms with Crippen LogP contribution in [0.3, 0.4) is 0 Å². The predicted molar refractivity (Wildman–Crippen MR) is 115 cm³/mol. The van der Waals surface area contributed by atoms with E-state index in [0.29, 0.717) is 16.7 Å². The van der Waals surface area contributed by atoms with Crippen molar-refractivity contribution >= 4 is 11.4 Å². The largest absolute Gasteiger partial charge is 0.490 e. The van der Waals surface area contributed by atoms with E-state index < -0.39 is 4.92 Å². The Morgan fingerprint density at radius 1 is 1.00 bits per heavy atom. The van der Waals surface area contributed by atoms with Gasteiger partial charge in [0.05, 0.1) is 23.4 Å². The Balaban J connectivity index is 2.31. The van der Waals surface area contributed by atoms with Gasteiger partial charge in [0, 0.05) is 31.8 Å². The second-order valence-electron chi connectivity index (χ2n) is 7.29. The van der Waals surface area contributed by atoms with Gasteiger partial charge in [-0.1, -0.05) is 17.7 Å². The highest BCUT2D eigenvalue weighted by molar-refractivity contribution is 5.66. The van der Waals surface area contributed by atoms with Crippen molar-refractivity contribution in [3.63, 3.8) is 0 Å². The van der Waals surface area contributed by atoms with Gasteiger partial charge in [-0.15, -0.1) is 0 Å². The van der Waals surface area contributed by atoms with Crippen LogP contribution in [0.15, 0.2) is 46.2 Å². The highest BCUT2D eigenvalue weighted by atomic mass is 16.6. The van der Waals surface area contributed by atoms with Gasteiger partial charge in [-0.05, 0) is 44.0 Å². The SMILES string of the molecule is COc1ccc(-c2c/c(=N/c3c(C)cc(C)cc3C)n(C)c(=O)n2C)cc1[N+](=O)[O-]. The van der Waals surface area contributed by atoms with Gasteiger partial charge in [-0.25, -0.2) is 9.79 Å². The molecule has 0 radical (unpaired) electrons. The first kappa shape index (κ1) is 21.0. The monoisotopic (exact) mass is 408 g/mol. The lowest BCUT2D eigenvalue weighted by atomic mass is 10.1. The summed E-state index contributed by atoms with van der Waals surface area (Å²) in [4.78, 5) is 28.5. The summed E-state index contributed by atoms with van der Waals surface area (Å²) in [5.41, 5.74) is 5.01. The van der Waals surface area contributed by atoms with Crippen molar-refractivity contribution in [1.29, 1.82) is 0 Å². The molecule has 0 aliphatic carbocycles. The standard InChI is InChI=1S/C22H24N4O4/c1-13-9-14(2)21(15(3)10-13)23-20-12-17(24(4)22(27)25(20)5)16-7-8-19(30-6)18(11-16)26(28)29/h7-12H,1-6H3/b23-20-. The first-order valence-electron chi connectivity index (χ1n) is 9.36. The Bertz CT molecular complexity index is 1260. The molecule has 1 aromatic heterocycles. The minimum absolute atomic E-state index is 0.158. The fourth-order valence-electron chi connectivity index (χ4n) is 3.58. The van der Waals surface area contributed by atoms with Crippen LogP contribution in [0.5, 0.6) is 5.75 Å². The molecule has 0 spiro atoms. The summed E-state index contributed by atoms with van der Waals surface area (Å²) in [5.74, 6) is 0.158. The topological polar surface area (TPSA) is 91.7 Å². The predicted octanol–water partition coefficient (Wildman–Crippen LogP) is 3.47. The zero-order valence-electron chi connectivity index (χ0n) is 17.9. The van der Waals surface area contributed by atoms with Crippen molar-refractivity contribution in [2.75, 3.05) is 7.11 Å². The number of nitro groups is 1. The Morgan fingerprint density at radius 2 is 1.63 bits per heavy atom. The van der Waals surface area contributed by atoms with Crippen LogP contribution in [0.25, 0.3) is 11.3 Å². The van der Waals surface area contributed by atoms with Gasteiger partial charge in [0.25, 0.3) is 0 Å². The van der Waals surface area contributed by atoms with Gasteiger partial charge < -0.3 is 4.74 Å². The third kappa shape index (κ3) is 3.76. The molecule has 2 aromatic carbocycles. The number of aromatic nitrogens is 2. The minimum Gasteiger partial charge on any atom is -0.490 e. The van der Waals surface area contributed by atoms with Crippen molar-refractivity contribution in [1.82, 2.24) is 9.13 Å². The third-order valence-electron chi connectivity index (χ3n) is 5.08. The molecule has 8 nitrogen and oxygen atoms in total. The normalized spacial score (nSPS) is 11.6. The molecule has 0 saturated heterocycles. The number of hydrogen-bond donors (Lipinski definition) is 0. The number of hydrogen-bond acceptors (Lipinski definition) is 5. The summed E-state index contributed by atoms with van der Waals surface area (Å²) >= 11 is 0. The van der Waals surface area contributed by atoms with Crippen LogP contribution in [0, 0.1) is 30.9 Å². The summed E-state index contributed by atoms with van der Waals surface area (Å²) in [6, 6.07) is 10.5. The van der Waals surface area contributed by atoms with Crippen LogP contribution in [-0.2, 0) is 14.1 Å². The maximum absolute atomic E-state index is 12.8. The van der Waals surface area contributed by atoms with Crippen LogP contribution in [0.1, 0.15) is 16.7 Å². The van der Waals surface area contributed by atoms with Crippen LogP contribution in [0.4, 0.5) is 11.4 Å². The van der Waals surface area contributed by atoms with Crippen molar-refractivity contribution in [2.45, 2.75) is 20.8 Å². The molecule has 0 saturated carbocycles. The average molecular weight is 408 g/mol. The summed E-state index contributed by atoms with van der Waals surface area (Å²) in [7, 11) is 4.66. The van der Waals surface area contributed by atoms with Gasteiger partial charge in [-0.2, -0.15) is 0 Å². The molecule has 30 heavy (non-hydrogen) atoms. The molecule has 3 rings (SSSR count). The molecule has 0 bridgehead atoms. The number of nitrogens with zero attached hydrogens (tertiary/aromatic N) is 4. The van der Waals surface area contributed by atoms with Gasteiger partial charge in [-0.3, -0.25) is 19.2 Å². The van der Waals surface area contributed by atoms with E-state index in [-0.39, 0.29) is 17.1 Å². The lowest BCUT2D eigenvalue weighted by molar-refractivity contribution is -0.385. The number of nitro benzene ring substituents is 1. The van der Waals surface area contributed by atoms with Crippen LogP contribution >= 0.6 is 0 Å². The fourth-order valence-corrected chi connectivity index (χ4v) is 3.58. The van der Waals surface area contributed by atoms with E-state index in [1.165, 1.54) is 28.4 Å². The molecule has 0 atom stereocenters. The van der Waals surface area contributed by atoms with Crippen LogP contribution in [-0.4, -0.2) is 21.2 Å². The number of ether oxygens (including phenoxy) is 1. The quantitative estimate of drug-likeness (QED) is 0.488. The molecule has 3 aromatic rings. The molecule has 0 fully saturated rings. The molecule has 1 heterocycles. The first-order valence-corrected chi connectivity index (χ1v) is 9.36. The second-order valence-corrected chi connectivity index (χ2v) is 7.29. The van der Waals surface area contributed by atoms with Crippen molar-refractivity contribution < 1.29 is 9.66 Å². The van der Waals surface area contributed by atoms with E-state index in [1.807, 2.05) is 32.9 Å². The van der Waals surface area contributed by atoms with Crippen LogP contribution < -0.4 is 15.9 Å². The smallest absolute Gasteiger partial charge is 0.329 e. The van der Waals surface area contributed by atoms with Gasteiger partial charge in [0.1, 0.15) is 5.49 Å². The average Bonchev–Trinajstić information content (AvgIpc) is 2.69. The van der Waals surface area contributed by atoms with Gasteiger partial charge in [0.2, 0.25) is 0 Å². The van der Waals surface area contributed by atoms with E-state index in [1.54, 1.807) is 26.2 Å². The highest BCUT2D eigenvalue weighted by Gasteiger charge is 2.18. The van der Waals surface area contributed by atoms with E-state index in [2.05, 4.69) is 0 Å². The van der Waals surface area contributed by atoms with E-state index in [4.69, 9.17) is 9.73 Å². The van der Waals surface area contributed by atoms with E-state index in [0.717, 1.165) is 22.4 Å². The molecule has 8 heteroatoms. The Labute approximate surface area is 173 Å². The van der Waals surface area contributed by atoms with Crippen molar-refractivity contribution in [2.24, 2.45) is 19.1 Å². The maximum Gasteiger partial charge on any atom is 0.329 e. The molecular formula is C22H24N4O4. The maximum atomic E-state index is 12.8. The van der Waals surface area contributed by atoms with Gasteiger partial charge in [0.15, 0.2) is 5.75 Å². The molecule has 0 amide bonds. The fraction of sp³-hybridized carbons (Fsp3) is 0.273. The number of rotatable bonds is 4. The van der Waals surface area contributed by atoms with E-state index in [9.17, 15) is 14.9 Å². The molecule has 0 unspecified atom stereocenters. The summed E-state index contributed by atoms with van der Waals surface area (Å²) in [6.07, 6.45) is 0. The zero-order valence-corrected chi connectivity index (χ0v) is 17.9. The number of aryl methyl sites for hydroxylation is 3. The first-order chi connectivity index (χ1) is 14.1. The molecule has 156 valence electrons. The second kappa shape index (κ2) is 7.98. The molecular weight excluding hydrogens is 384 g/mol. The molecule has 0 aliphatic heterocycles.